The Kier molecular flexibility index (Phi) is 6.10. The summed E-state index contributed by atoms with van der Waals surface area (Å²) in [5.74, 6) is 0. The Morgan fingerprint density at radius 2 is 1.95 bits per heavy atom. The quantitative estimate of drug-likeness (QED) is 0.761. The van der Waals surface area contributed by atoms with Crippen LogP contribution in [0.3, 0.4) is 0 Å². The highest BCUT2D eigenvalue weighted by molar-refractivity contribution is 7.88. The van der Waals surface area contributed by atoms with Crippen molar-refractivity contribution >= 4 is 10.0 Å². The van der Waals surface area contributed by atoms with E-state index in [0.717, 1.165) is 6.26 Å². The lowest BCUT2D eigenvalue weighted by atomic mass is 10.1. The molecule has 0 aromatic rings. The summed E-state index contributed by atoms with van der Waals surface area (Å²) in [4.78, 5) is 3.85. The lowest BCUT2D eigenvalue weighted by molar-refractivity contribution is 0.0178. The number of rotatable bonds is 6. The first-order valence-corrected chi connectivity index (χ1v) is 8.29. The second-order valence-electron chi connectivity index (χ2n) is 5.26. The highest BCUT2D eigenvalue weighted by Gasteiger charge is 2.30. The molecule has 0 aliphatic carbocycles. The van der Waals surface area contributed by atoms with E-state index >= 15 is 0 Å². The van der Waals surface area contributed by atoms with Crippen molar-refractivity contribution in [2.45, 2.75) is 32.4 Å². The molecule has 1 unspecified atom stereocenters. The molecule has 1 aliphatic rings. The van der Waals surface area contributed by atoms with Gasteiger partial charge in [0.15, 0.2) is 0 Å². The Hall–Kier alpha value is -0.310. The fourth-order valence-corrected chi connectivity index (χ4v) is 2.90. The summed E-state index contributed by atoms with van der Waals surface area (Å²) in [7, 11) is -3.26. The van der Waals surface area contributed by atoms with Gasteiger partial charge >= 0.3 is 0 Å². The Balaban J connectivity index is 2.62. The maximum Gasteiger partial charge on any atom is 0.251 e. The molecule has 0 bridgehead atoms. The number of hydrogen-bond donors (Lipinski definition) is 1. The van der Waals surface area contributed by atoms with Crippen LogP contribution in [-0.2, 0) is 10.0 Å². The minimum atomic E-state index is -3.26. The van der Waals surface area contributed by atoms with Crippen molar-refractivity contribution in [3.05, 3.63) is 0 Å². The van der Waals surface area contributed by atoms with Gasteiger partial charge in [0.05, 0.1) is 12.8 Å². The van der Waals surface area contributed by atoms with E-state index in [-0.39, 0.29) is 25.2 Å². The Morgan fingerprint density at radius 1 is 1.32 bits per heavy atom. The van der Waals surface area contributed by atoms with Crippen LogP contribution in [0.1, 0.15) is 13.8 Å². The fraction of sp³-hybridized carbons (Fsp3) is 1.00. The predicted molar refractivity (Wildman–Crippen MR) is 70.9 cm³/mol. The minimum Gasteiger partial charge on any atom is -0.295 e. The largest absolute Gasteiger partial charge is 0.295 e. The summed E-state index contributed by atoms with van der Waals surface area (Å²) < 4.78 is 49.6. The minimum absolute atomic E-state index is 0.0674. The zero-order valence-corrected chi connectivity index (χ0v) is 12.5. The van der Waals surface area contributed by atoms with Gasteiger partial charge in [-0.25, -0.2) is 21.9 Å². The van der Waals surface area contributed by atoms with Crippen molar-refractivity contribution in [3.8, 4) is 0 Å². The molecule has 8 heteroatoms. The summed E-state index contributed by atoms with van der Waals surface area (Å²) in [6.45, 7) is 5.80. The molecule has 1 rings (SSSR count). The van der Waals surface area contributed by atoms with Crippen molar-refractivity contribution in [2.75, 3.05) is 39.0 Å². The summed E-state index contributed by atoms with van der Waals surface area (Å²) in [6.07, 6.45) is -1.25. The molecule has 0 spiro atoms. The van der Waals surface area contributed by atoms with Crippen LogP contribution in [0.25, 0.3) is 0 Å². The summed E-state index contributed by atoms with van der Waals surface area (Å²) in [5, 5.41) is 0. The molecule has 1 atom stereocenters. The van der Waals surface area contributed by atoms with Crippen molar-refractivity contribution in [2.24, 2.45) is 0 Å². The summed E-state index contributed by atoms with van der Waals surface area (Å²) >= 11 is 0. The average Bonchev–Trinajstić information content (AvgIpc) is 2.24. The maximum absolute atomic E-state index is 12.4. The molecule has 19 heavy (non-hydrogen) atoms. The smallest absolute Gasteiger partial charge is 0.251 e. The molecule has 114 valence electrons. The Morgan fingerprint density at radius 3 is 2.42 bits per heavy atom. The highest BCUT2D eigenvalue weighted by atomic mass is 32.2. The van der Waals surface area contributed by atoms with E-state index in [1.54, 1.807) is 4.90 Å². The number of nitrogens with zero attached hydrogens (tertiary/aromatic N) is 2. The van der Waals surface area contributed by atoms with Gasteiger partial charge in [0.2, 0.25) is 10.0 Å². The molecule has 1 N–H and O–H groups in total. The van der Waals surface area contributed by atoms with Gasteiger partial charge in [-0.3, -0.25) is 9.80 Å². The Labute approximate surface area is 114 Å². The Bertz CT molecular complexity index is 376. The SMILES string of the molecule is CC(C)N1CCN(CC(F)F)CC1CNS(C)(=O)=O. The van der Waals surface area contributed by atoms with Crippen LogP contribution in [0.4, 0.5) is 8.78 Å². The molecule has 0 amide bonds. The monoisotopic (exact) mass is 299 g/mol. The van der Waals surface area contributed by atoms with E-state index in [1.807, 2.05) is 13.8 Å². The molecule has 1 aliphatic heterocycles. The van der Waals surface area contributed by atoms with E-state index in [1.165, 1.54) is 0 Å². The van der Waals surface area contributed by atoms with Gasteiger partial charge in [-0.05, 0) is 13.8 Å². The topological polar surface area (TPSA) is 52.6 Å². The van der Waals surface area contributed by atoms with Gasteiger partial charge in [-0.15, -0.1) is 0 Å². The third-order valence-electron chi connectivity index (χ3n) is 3.25. The fourth-order valence-electron chi connectivity index (χ4n) is 2.40. The van der Waals surface area contributed by atoms with Crippen molar-refractivity contribution < 1.29 is 17.2 Å². The van der Waals surface area contributed by atoms with Crippen LogP contribution in [0.15, 0.2) is 0 Å². The molecule has 1 heterocycles. The zero-order chi connectivity index (χ0) is 14.6. The standard InChI is InChI=1S/C11H23F2N3O2S/c1-9(2)16-5-4-15(8-11(12)13)7-10(16)6-14-19(3,17)18/h9-11,14H,4-8H2,1-3H3. The third-order valence-corrected chi connectivity index (χ3v) is 3.94. The second-order valence-corrected chi connectivity index (χ2v) is 7.09. The average molecular weight is 299 g/mol. The molecule has 0 aromatic carbocycles. The van der Waals surface area contributed by atoms with E-state index in [9.17, 15) is 17.2 Å². The number of hydrogen-bond acceptors (Lipinski definition) is 4. The molecule has 1 fully saturated rings. The van der Waals surface area contributed by atoms with Crippen molar-refractivity contribution in [1.82, 2.24) is 14.5 Å². The van der Waals surface area contributed by atoms with Gasteiger partial charge in [-0.2, -0.15) is 0 Å². The molecule has 0 saturated carbocycles. The lowest BCUT2D eigenvalue weighted by Crippen LogP contribution is -2.59. The maximum atomic E-state index is 12.4. The lowest BCUT2D eigenvalue weighted by Gasteiger charge is -2.43. The van der Waals surface area contributed by atoms with E-state index in [4.69, 9.17) is 0 Å². The molecular weight excluding hydrogens is 276 g/mol. The van der Waals surface area contributed by atoms with Crippen LogP contribution in [0, 0.1) is 0 Å². The van der Waals surface area contributed by atoms with Crippen LogP contribution in [0.2, 0.25) is 0 Å². The molecule has 5 nitrogen and oxygen atoms in total. The molecule has 0 radical (unpaired) electrons. The van der Waals surface area contributed by atoms with Gasteiger partial charge < -0.3 is 0 Å². The number of alkyl halides is 2. The third kappa shape index (κ3) is 6.11. The predicted octanol–water partition coefficient (Wildman–Crippen LogP) is 0.195. The van der Waals surface area contributed by atoms with Crippen LogP contribution in [-0.4, -0.2) is 75.7 Å². The highest BCUT2D eigenvalue weighted by Crippen LogP contribution is 2.14. The summed E-state index contributed by atoms with van der Waals surface area (Å²) in [6, 6.07) is 0.197. The van der Waals surface area contributed by atoms with Gasteiger partial charge in [0.25, 0.3) is 6.43 Å². The number of halogens is 2. The summed E-state index contributed by atoms with van der Waals surface area (Å²) in [5.41, 5.74) is 0. The first-order chi connectivity index (χ1) is 8.69. The van der Waals surface area contributed by atoms with Crippen molar-refractivity contribution in [3.63, 3.8) is 0 Å². The van der Waals surface area contributed by atoms with E-state index < -0.39 is 16.4 Å². The zero-order valence-electron chi connectivity index (χ0n) is 11.6. The second kappa shape index (κ2) is 6.92. The first-order valence-electron chi connectivity index (χ1n) is 6.40. The van der Waals surface area contributed by atoms with Gasteiger partial charge in [0.1, 0.15) is 0 Å². The van der Waals surface area contributed by atoms with E-state index in [0.29, 0.717) is 19.6 Å². The van der Waals surface area contributed by atoms with E-state index in [2.05, 4.69) is 9.62 Å². The number of piperazine rings is 1. The van der Waals surface area contributed by atoms with Gasteiger partial charge in [-0.1, -0.05) is 0 Å². The van der Waals surface area contributed by atoms with Gasteiger partial charge in [0, 0.05) is 38.3 Å². The molecule has 1 saturated heterocycles. The number of sulfonamides is 1. The first kappa shape index (κ1) is 16.7. The molecular formula is C11H23F2N3O2S. The van der Waals surface area contributed by atoms with Crippen LogP contribution in [0.5, 0.6) is 0 Å². The van der Waals surface area contributed by atoms with Crippen LogP contribution >= 0.6 is 0 Å². The van der Waals surface area contributed by atoms with Crippen molar-refractivity contribution in [1.29, 1.82) is 0 Å². The normalized spacial score (nSPS) is 23.4. The molecule has 0 aromatic heterocycles. The number of nitrogens with one attached hydrogen (secondary N) is 1. The van der Waals surface area contributed by atoms with Crippen LogP contribution < -0.4 is 4.72 Å².